The van der Waals surface area contributed by atoms with Gasteiger partial charge in [0.1, 0.15) is 5.78 Å². The van der Waals surface area contributed by atoms with Crippen molar-refractivity contribution in [1.29, 1.82) is 0 Å². The van der Waals surface area contributed by atoms with Gasteiger partial charge >= 0.3 is 5.97 Å². The summed E-state index contributed by atoms with van der Waals surface area (Å²) < 4.78 is 10.0. The smallest absolute Gasteiger partial charge is 0.308 e. The molecule has 0 unspecified atom stereocenters. The Bertz CT molecular complexity index is 263. The number of carbonyl (C=O) groups is 2. The number of Topliss-reactive ketones (excluding diaryl/α,β-unsaturated/α-hetero) is 1. The molecule has 0 radical (unpaired) electrons. The van der Waals surface area contributed by atoms with Crippen molar-refractivity contribution < 1.29 is 24.2 Å². The molecule has 0 aromatic carbocycles. The molecule has 1 N–H and O–H groups in total. The van der Waals surface area contributed by atoms with E-state index >= 15 is 0 Å². The zero-order valence-electron chi connectivity index (χ0n) is 9.64. The van der Waals surface area contributed by atoms with Crippen LogP contribution in [0.3, 0.4) is 0 Å². The second-order valence-corrected chi connectivity index (χ2v) is 4.13. The van der Waals surface area contributed by atoms with E-state index in [-0.39, 0.29) is 24.7 Å². The second-order valence-electron chi connectivity index (χ2n) is 4.13. The van der Waals surface area contributed by atoms with Gasteiger partial charge in [-0.05, 0) is 13.3 Å². The molecule has 1 saturated heterocycles. The van der Waals surface area contributed by atoms with Crippen LogP contribution in [0.25, 0.3) is 0 Å². The number of cyclic esters (lactones) is 1. The summed E-state index contributed by atoms with van der Waals surface area (Å²) in [5.41, 5.74) is 0. The molecule has 5 heteroatoms. The van der Waals surface area contributed by atoms with Gasteiger partial charge in [0.05, 0.1) is 24.7 Å². The van der Waals surface area contributed by atoms with Crippen LogP contribution in [0.2, 0.25) is 0 Å². The van der Waals surface area contributed by atoms with Gasteiger partial charge in [0, 0.05) is 20.0 Å². The van der Waals surface area contributed by atoms with Gasteiger partial charge in [0.2, 0.25) is 0 Å². The van der Waals surface area contributed by atoms with E-state index in [0.29, 0.717) is 12.8 Å². The molecule has 3 atom stereocenters. The number of carbonyl (C=O) groups excluding carboxylic acids is 2. The molecule has 5 nitrogen and oxygen atoms in total. The molecule has 1 aliphatic heterocycles. The maximum atomic E-state index is 11.5. The van der Waals surface area contributed by atoms with E-state index in [0.717, 1.165) is 0 Å². The highest BCUT2D eigenvalue weighted by molar-refractivity contribution is 5.79. The fourth-order valence-electron chi connectivity index (χ4n) is 1.70. The lowest BCUT2D eigenvalue weighted by Gasteiger charge is -2.23. The van der Waals surface area contributed by atoms with Crippen molar-refractivity contribution in [3.8, 4) is 0 Å². The van der Waals surface area contributed by atoms with Crippen molar-refractivity contribution in [2.45, 2.75) is 50.9 Å². The quantitative estimate of drug-likeness (QED) is 0.661. The number of aliphatic hydroxyl groups excluding tert-OH is 1. The largest absolute Gasteiger partial charge is 0.463 e. The molecule has 1 heterocycles. The molecular formula is C11H18O5. The molecule has 0 spiro atoms. The molecule has 0 saturated carbocycles. The van der Waals surface area contributed by atoms with Crippen LogP contribution >= 0.6 is 0 Å². The zero-order chi connectivity index (χ0) is 12.1. The van der Waals surface area contributed by atoms with E-state index < -0.39 is 18.2 Å². The van der Waals surface area contributed by atoms with Crippen molar-refractivity contribution >= 4 is 11.8 Å². The van der Waals surface area contributed by atoms with Gasteiger partial charge < -0.3 is 14.6 Å². The van der Waals surface area contributed by atoms with Crippen LogP contribution in [0.5, 0.6) is 0 Å². The highest BCUT2D eigenvalue weighted by Crippen LogP contribution is 2.15. The summed E-state index contributed by atoms with van der Waals surface area (Å²) in [4.78, 5) is 22.9. The van der Waals surface area contributed by atoms with E-state index in [1.165, 1.54) is 7.11 Å². The first-order valence-corrected chi connectivity index (χ1v) is 5.45. The van der Waals surface area contributed by atoms with E-state index in [2.05, 4.69) is 0 Å². The number of rotatable bonds is 1. The number of methoxy groups -OCH3 is 1. The fraction of sp³-hybridized carbons (Fsp3) is 0.818. The Morgan fingerprint density at radius 3 is 2.69 bits per heavy atom. The van der Waals surface area contributed by atoms with Crippen LogP contribution in [0.1, 0.15) is 32.6 Å². The molecule has 0 aromatic rings. The average Bonchev–Trinajstić information content (AvgIpc) is 2.21. The highest BCUT2D eigenvalue weighted by Gasteiger charge is 2.27. The van der Waals surface area contributed by atoms with Gasteiger partial charge in [-0.15, -0.1) is 0 Å². The van der Waals surface area contributed by atoms with E-state index in [9.17, 15) is 14.7 Å². The Morgan fingerprint density at radius 2 is 2.06 bits per heavy atom. The van der Waals surface area contributed by atoms with Crippen molar-refractivity contribution in [2.75, 3.05) is 7.11 Å². The molecule has 0 aromatic heterocycles. The van der Waals surface area contributed by atoms with Gasteiger partial charge in [0.25, 0.3) is 0 Å². The molecule has 0 aliphatic carbocycles. The number of ether oxygens (including phenoxy) is 2. The maximum absolute atomic E-state index is 11.5. The number of hydrogen-bond acceptors (Lipinski definition) is 5. The zero-order valence-corrected chi connectivity index (χ0v) is 9.64. The molecule has 1 aliphatic rings. The lowest BCUT2D eigenvalue weighted by Crippen LogP contribution is -2.35. The molecule has 0 bridgehead atoms. The normalized spacial score (nSPS) is 33.3. The SMILES string of the molecule is CO[C@H]1CC(=O)CC[C@@H](C)OC(=O)C[C@@H]1O. The van der Waals surface area contributed by atoms with Crippen molar-refractivity contribution in [3.05, 3.63) is 0 Å². The topological polar surface area (TPSA) is 72.8 Å². The van der Waals surface area contributed by atoms with Crippen molar-refractivity contribution in [1.82, 2.24) is 0 Å². The third kappa shape index (κ3) is 3.90. The van der Waals surface area contributed by atoms with Gasteiger partial charge in [-0.1, -0.05) is 0 Å². The third-order valence-corrected chi connectivity index (χ3v) is 2.70. The standard InChI is InChI=1S/C11H18O5/c1-7-3-4-8(12)5-10(15-2)9(13)6-11(14)16-7/h7,9-10,13H,3-6H2,1-2H3/t7-,9+,10+/m1/s1. The summed E-state index contributed by atoms with van der Waals surface area (Å²) in [5.74, 6) is -0.424. The molecular weight excluding hydrogens is 212 g/mol. The molecule has 1 fully saturated rings. The van der Waals surface area contributed by atoms with Crippen molar-refractivity contribution in [3.63, 3.8) is 0 Å². The minimum absolute atomic E-state index is 0.0238. The number of ketones is 1. The summed E-state index contributed by atoms with van der Waals surface area (Å²) in [6, 6.07) is 0. The van der Waals surface area contributed by atoms with Crippen LogP contribution in [0.4, 0.5) is 0 Å². The van der Waals surface area contributed by atoms with Crippen LogP contribution in [-0.4, -0.2) is 42.3 Å². The Morgan fingerprint density at radius 1 is 1.38 bits per heavy atom. The maximum Gasteiger partial charge on any atom is 0.308 e. The number of hydrogen-bond donors (Lipinski definition) is 1. The molecule has 1 rings (SSSR count). The average molecular weight is 230 g/mol. The third-order valence-electron chi connectivity index (χ3n) is 2.70. The fourth-order valence-corrected chi connectivity index (χ4v) is 1.70. The lowest BCUT2D eigenvalue weighted by molar-refractivity contribution is -0.155. The van der Waals surface area contributed by atoms with Gasteiger partial charge in [0.15, 0.2) is 0 Å². The lowest BCUT2D eigenvalue weighted by atomic mass is 10.0. The predicted molar refractivity (Wildman–Crippen MR) is 55.8 cm³/mol. The van der Waals surface area contributed by atoms with Crippen LogP contribution < -0.4 is 0 Å². The van der Waals surface area contributed by atoms with Crippen molar-refractivity contribution in [2.24, 2.45) is 0 Å². The molecule has 92 valence electrons. The van der Waals surface area contributed by atoms with Crippen LogP contribution in [-0.2, 0) is 19.1 Å². The molecule has 16 heavy (non-hydrogen) atoms. The first kappa shape index (κ1) is 13.1. The molecule has 0 amide bonds. The number of aliphatic hydroxyl groups is 1. The van der Waals surface area contributed by atoms with E-state index in [4.69, 9.17) is 9.47 Å². The van der Waals surface area contributed by atoms with Gasteiger partial charge in [-0.3, -0.25) is 9.59 Å². The predicted octanol–water partition coefficient (Wildman–Crippen LogP) is 0.437. The van der Waals surface area contributed by atoms with Gasteiger partial charge in [-0.25, -0.2) is 0 Å². The summed E-state index contributed by atoms with van der Waals surface area (Å²) >= 11 is 0. The Kier molecular flexibility index (Phi) is 4.89. The minimum atomic E-state index is -0.980. The Hall–Kier alpha value is -0.940. The summed E-state index contributed by atoms with van der Waals surface area (Å²) in [6.45, 7) is 1.74. The van der Waals surface area contributed by atoms with Crippen LogP contribution in [0, 0.1) is 0 Å². The van der Waals surface area contributed by atoms with E-state index in [1.54, 1.807) is 6.92 Å². The summed E-state index contributed by atoms with van der Waals surface area (Å²) in [7, 11) is 1.42. The summed E-state index contributed by atoms with van der Waals surface area (Å²) in [5, 5.41) is 9.69. The Labute approximate surface area is 94.7 Å². The van der Waals surface area contributed by atoms with Gasteiger partial charge in [-0.2, -0.15) is 0 Å². The number of esters is 1. The van der Waals surface area contributed by atoms with Crippen LogP contribution in [0.15, 0.2) is 0 Å². The monoisotopic (exact) mass is 230 g/mol. The van der Waals surface area contributed by atoms with E-state index in [1.807, 2.05) is 0 Å². The highest BCUT2D eigenvalue weighted by atomic mass is 16.5. The first-order valence-electron chi connectivity index (χ1n) is 5.45. The first-order chi connectivity index (χ1) is 7.52. The Balaban J connectivity index is 2.68. The summed E-state index contributed by atoms with van der Waals surface area (Å²) in [6.07, 6.45) is -0.978. The second kappa shape index (κ2) is 5.96. The minimum Gasteiger partial charge on any atom is -0.463 e.